The topological polar surface area (TPSA) is 8.17 Å². The average molecular weight is 831 g/mol. The Labute approximate surface area is 381 Å². The maximum absolute atomic E-state index is 2.52. The third-order valence-electron chi connectivity index (χ3n) is 13.6. The van der Waals surface area contributed by atoms with Crippen LogP contribution in [0.2, 0.25) is 0 Å². The van der Waals surface area contributed by atoms with Gasteiger partial charge in [-0.1, -0.05) is 202 Å². The van der Waals surface area contributed by atoms with Crippen LogP contribution in [0, 0.1) is 0 Å². The molecular formula is C63H46N2. The first-order valence-electron chi connectivity index (χ1n) is 22.6. The zero-order valence-electron chi connectivity index (χ0n) is 36.5. The number of para-hydroxylation sites is 1. The van der Waals surface area contributed by atoms with Gasteiger partial charge in [-0.25, -0.2) is 0 Å². The molecule has 2 nitrogen and oxygen atoms in total. The molecule has 0 saturated carbocycles. The van der Waals surface area contributed by atoms with Crippen molar-refractivity contribution in [1.82, 2.24) is 4.57 Å². The lowest BCUT2D eigenvalue weighted by Gasteiger charge is -2.26. The zero-order valence-corrected chi connectivity index (χ0v) is 36.5. The molecule has 1 aromatic heterocycles. The molecule has 308 valence electrons. The summed E-state index contributed by atoms with van der Waals surface area (Å²) in [7, 11) is 0. The van der Waals surface area contributed by atoms with Crippen molar-refractivity contribution in [2.75, 3.05) is 4.90 Å². The molecule has 12 rings (SSSR count). The van der Waals surface area contributed by atoms with E-state index in [0.29, 0.717) is 0 Å². The number of aromatic nitrogens is 1. The lowest BCUT2D eigenvalue weighted by molar-refractivity contribution is 0.656. The average Bonchev–Trinajstić information content (AvgIpc) is 3.84. The predicted molar refractivity (Wildman–Crippen MR) is 275 cm³/mol. The normalized spacial score (nSPS) is 12.6. The Balaban J connectivity index is 0.979. The highest BCUT2D eigenvalue weighted by Gasteiger charge is 2.38. The summed E-state index contributed by atoms with van der Waals surface area (Å²) in [4.78, 5) is 2.39. The Morgan fingerprint density at radius 1 is 0.338 bits per heavy atom. The fourth-order valence-electron chi connectivity index (χ4n) is 10.5. The number of fused-ring (bicyclic) bond motifs is 6. The SMILES string of the molecule is CC1(C)c2ccccc2-c2cccc(-n3c4ccccc4c4c(-c5cccc(N(c6ccc(-c7ccccc7)cc6)c6ccc(-c7ccc(-c8ccccc8)cc7)cc6)c5)cccc43)c21. The van der Waals surface area contributed by atoms with Crippen LogP contribution in [0.25, 0.3) is 83.1 Å². The molecule has 1 aliphatic rings. The predicted octanol–water partition coefficient (Wildman–Crippen LogP) is 17.2. The molecule has 11 aromatic rings. The number of rotatable bonds is 8. The highest BCUT2D eigenvalue weighted by atomic mass is 15.1. The van der Waals surface area contributed by atoms with Crippen molar-refractivity contribution in [1.29, 1.82) is 0 Å². The van der Waals surface area contributed by atoms with Crippen molar-refractivity contribution in [3.05, 3.63) is 254 Å². The van der Waals surface area contributed by atoms with Gasteiger partial charge in [0.1, 0.15) is 0 Å². The van der Waals surface area contributed by atoms with Gasteiger partial charge in [0.05, 0.1) is 16.7 Å². The summed E-state index contributed by atoms with van der Waals surface area (Å²) in [5.41, 5.74) is 21.8. The van der Waals surface area contributed by atoms with Crippen molar-refractivity contribution in [3.8, 4) is 61.3 Å². The maximum Gasteiger partial charge on any atom is 0.0547 e. The fourth-order valence-corrected chi connectivity index (χ4v) is 10.5. The van der Waals surface area contributed by atoms with Gasteiger partial charge in [0.15, 0.2) is 0 Å². The minimum absolute atomic E-state index is 0.153. The van der Waals surface area contributed by atoms with Crippen molar-refractivity contribution >= 4 is 38.9 Å². The van der Waals surface area contributed by atoms with Gasteiger partial charge in [-0.15, -0.1) is 0 Å². The Kier molecular flexibility index (Phi) is 9.21. The van der Waals surface area contributed by atoms with Gasteiger partial charge in [0, 0.05) is 33.2 Å². The smallest absolute Gasteiger partial charge is 0.0547 e. The molecule has 1 aliphatic carbocycles. The molecule has 0 spiro atoms. The second-order valence-electron chi connectivity index (χ2n) is 17.7. The van der Waals surface area contributed by atoms with E-state index in [9.17, 15) is 0 Å². The van der Waals surface area contributed by atoms with Crippen molar-refractivity contribution < 1.29 is 0 Å². The summed E-state index contributed by atoms with van der Waals surface area (Å²) in [5, 5.41) is 2.50. The van der Waals surface area contributed by atoms with Crippen LogP contribution in [0.1, 0.15) is 25.0 Å². The van der Waals surface area contributed by atoms with Crippen molar-refractivity contribution in [2.45, 2.75) is 19.3 Å². The zero-order chi connectivity index (χ0) is 43.5. The first-order chi connectivity index (χ1) is 32.0. The molecule has 0 fully saturated rings. The lowest BCUT2D eigenvalue weighted by Crippen LogP contribution is -2.17. The number of hydrogen-bond donors (Lipinski definition) is 0. The molecule has 0 bridgehead atoms. The lowest BCUT2D eigenvalue weighted by atomic mass is 9.81. The molecule has 0 N–H and O–H groups in total. The molecule has 0 atom stereocenters. The van der Waals surface area contributed by atoms with Crippen molar-refractivity contribution in [2.24, 2.45) is 0 Å². The van der Waals surface area contributed by atoms with E-state index in [1.54, 1.807) is 0 Å². The summed E-state index contributed by atoms with van der Waals surface area (Å²) in [6, 6.07) is 88.6. The van der Waals surface area contributed by atoms with Gasteiger partial charge >= 0.3 is 0 Å². The van der Waals surface area contributed by atoms with Crippen LogP contribution in [0.15, 0.2) is 243 Å². The number of benzene rings is 10. The van der Waals surface area contributed by atoms with E-state index >= 15 is 0 Å². The number of nitrogens with zero attached hydrogens (tertiary/aromatic N) is 2. The Hall–Kier alpha value is -8.20. The third kappa shape index (κ3) is 6.49. The van der Waals surface area contributed by atoms with Crippen LogP contribution in [0.5, 0.6) is 0 Å². The second-order valence-corrected chi connectivity index (χ2v) is 17.7. The highest BCUT2D eigenvalue weighted by molar-refractivity contribution is 6.16. The second kappa shape index (κ2) is 15.6. The van der Waals surface area contributed by atoms with Crippen LogP contribution in [-0.4, -0.2) is 4.57 Å². The minimum Gasteiger partial charge on any atom is -0.310 e. The first-order valence-corrected chi connectivity index (χ1v) is 22.6. The molecular weight excluding hydrogens is 785 g/mol. The Bertz CT molecular complexity index is 3520. The maximum atomic E-state index is 2.52. The standard InChI is InChI=1S/C63H46N2/c1-63(2)57-26-11-9-22-54(57)55-25-15-29-60(62(55)63)65-58-27-12-10-23-56(58)61-53(24-14-28-59(61)65)49-20-13-21-52(42-49)64(50-38-34-47(35-39-50)44-18-7-4-8-19-44)51-40-36-48(37-41-51)46-32-30-45(31-33-46)43-16-5-3-6-17-43/h3-42H,1-2H3. The molecule has 0 radical (unpaired) electrons. The quantitative estimate of drug-likeness (QED) is 0.148. The Morgan fingerprint density at radius 2 is 0.800 bits per heavy atom. The molecule has 1 heterocycles. The third-order valence-corrected chi connectivity index (χ3v) is 13.6. The minimum atomic E-state index is -0.153. The van der Waals surface area contributed by atoms with Crippen LogP contribution in [0.3, 0.4) is 0 Å². The summed E-state index contributed by atoms with van der Waals surface area (Å²) in [6.45, 7) is 4.76. The summed E-state index contributed by atoms with van der Waals surface area (Å²) >= 11 is 0. The Morgan fingerprint density at radius 3 is 1.45 bits per heavy atom. The van der Waals surface area contributed by atoms with Crippen LogP contribution in [0.4, 0.5) is 17.1 Å². The summed E-state index contributed by atoms with van der Waals surface area (Å²) in [5.74, 6) is 0. The number of anilines is 3. The highest BCUT2D eigenvalue weighted by Crippen LogP contribution is 2.52. The van der Waals surface area contributed by atoms with Crippen LogP contribution >= 0.6 is 0 Å². The van der Waals surface area contributed by atoms with Gasteiger partial charge < -0.3 is 9.47 Å². The van der Waals surface area contributed by atoms with Crippen LogP contribution in [-0.2, 0) is 5.41 Å². The molecule has 0 aliphatic heterocycles. The van der Waals surface area contributed by atoms with Crippen molar-refractivity contribution in [3.63, 3.8) is 0 Å². The molecule has 0 saturated heterocycles. The number of hydrogen-bond acceptors (Lipinski definition) is 1. The largest absolute Gasteiger partial charge is 0.310 e. The molecule has 65 heavy (non-hydrogen) atoms. The first kappa shape index (κ1) is 38.5. The van der Waals surface area contributed by atoms with E-state index in [2.05, 4.69) is 266 Å². The molecule has 10 aromatic carbocycles. The van der Waals surface area contributed by atoms with Gasteiger partial charge in [0.25, 0.3) is 0 Å². The molecule has 0 amide bonds. The summed E-state index contributed by atoms with van der Waals surface area (Å²) in [6.07, 6.45) is 0. The van der Waals surface area contributed by atoms with E-state index in [-0.39, 0.29) is 5.41 Å². The van der Waals surface area contributed by atoms with Gasteiger partial charge in [-0.05, 0) is 121 Å². The van der Waals surface area contributed by atoms with Gasteiger partial charge in [0.2, 0.25) is 0 Å². The monoisotopic (exact) mass is 830 g/mol. The van der Waals surface area contributed by atoms with E-state index in [0.717, 1.165) is 17.1 Å². The van der Waals surface area contributed by atoms with Crippen LogP contribution < -0.4 is 4.90 Å². The molecule has 0 unspecified atom stereocenters. The fraction of sp³-hybridized carbons (Fsp3) is 0.0476. The van der Waals surface area contributed by atoms with E-state index in [1.165, 1.54) is 94.3 Å². The van der Waals surface area contributed by atoms with E-state index in [4.69, 9.17) is 0 Å². The van der Waals surface area contributed by atoms with E-state index in [1.807, 2.05) is 0 Å². The van der Waals surface area contributed by atoms with E-state index < -0.39 is 0 Å². The molecule has 2 heteroatoms. The summed E-state index contributed by atoms with van der Waals surface area (Å²) < 4.78 is 2.52. The van der Waals surface area contributed by atoms with Gasteiger partial charge in [-0.2, -0.15) is 0 Å². The van der Waals surface area contributed by atoms with Gasteiger partial charge in [-0.3, -0.25) is 0 Å².